The Morgan fingerprint density at radius 1 is 1.28 bits per heavy atom. The number of carbonyl (C=O) groups is 2. The quantitative estimate of drug-likeness (QED) is 0.648. The Morgan fingerprint density at radius 3 is 2.61 bits per heavy atom. The van der Waals surface area contributed by atoms with Crippen LogP contribution >= 0.6 is 23.7 Å². The first kappa shape index (κ1) is 16.9. The highest BCUT2D eigenvalue weighted by molar-refractivity contribution is 7.12. The summed E-state index contributed by atoms with van der Waals surface area (Å²) in [5.74, 6) is -0.106. The Kier molecular flexibility index (Phi) is 9.26. The van der Waals surface area contributed by atoms with Gasteiger partial charge in [0, 0.05) is 26.1 Å². The maximum absolute atomic E-state index is 11.5. The summed E-state index contributed by atoms with van der Waals surface area (Å²) in [6.45, 7) is 1.48. The highest BCUT2D eigenvalue weighted by atomic mass is 35.5. The molecule has 1 aromatic heterocycles. The van der Waals surface area contributed by atoms with Crippen molar-refractivity contribution in [2.45, 2.75) is 12.8 Å². The van der Waals surface area contributed by atoms with Crippen LogP contribution in [0.5, 0.6) is 0 Å². The van der Waals surface area contributed by atoms with Gasteiger partial charge in [0.1, 0.15) is 0 Å². The van der Waals surface area contributed by atoms with Crippen LogP contribution in [0.1, 0.15) is 22.5 Å². The van der Waals surface area contributed by atoms with Crippen LogP contribution in [-0.2, 0) is 4.79 Å². The largest absolute Gasteiger partial charge is 0.356 e. The van der Waals surface area contributed by atoms with Crippen LogP contribution in [0, 0.1) is 0 Å². The highest BCUT2D eigenvalue weighted by Gasteiger charge is 2.04. The summed E-state index contributed by atoms with van der Waals surface area (Å²) in [6.07, 6.45) is 1.06. The molecule has 0 aromatic carbocycles. The number of rotatable bonds is 7. The maximum Gasteiger partial charge on any atom is 0.261 e. The van der Waals surface area contributed by atoms with Crippen molar-refractivity contribution in [2.24, 2.45) is 5.73 Å². The van der Waals surface area contributed by atoms with Crippen molar-refractivity contribution in [1.82, 2.24) is 10.6 Å². The van der Waals surface area contributed by atoms with Gasteiger partial charge in [0.15, 0.2) is 0 Å². The average molecular weight is 292 g/mol. The van der Waals surface area contributed by atoms with Crippen molar-refractivity contribution >= 4 is 35.6 Å². The van der Waals surface area contributed by atoms with E-state index in [1.165, 1.54) is 11.3 Å². The Balaban J connectivity index is 0.00000289. The minimum absolute atomic E-state index is 0. The topological polar surface area (TPSA) is 84.2 Å². The van der Waals surface area contributed by atoms with E-state index in [0.29, 0.717) is 37.4 Å². The summed E-state index contributed by atoms with van der Waals surface area (Å²) in [5, 5.41) is 7.37. The van der Waals surface area contributed by atoms with Crippen LogP contribution < -0.4 is 16.4 Å². The Hall–Kier alpha value is -1.11. The third kappa shape index (κ3) is 6.58. The predicted molar refractivity (Wildman–Crippen MR) is 75.2 cm³/mol. The first-order valence-corrected chi connectivity index (χ1v) is 6.40. The van der Waals surface area contributed by atoms with E-state index in [-0.39, 0.29) is 24.2 Å². The van der Waals surface area contributed by atoms with Gasteiger partial charge >= 0.3 is 0 Å². The monoisotopic (exact) mass is 291 g/mol. The van der Waals surface area contributed by atoms with Gasteiger partial charge in [-0.1, -0.05) is 6.07 Å². The van der Waals surface area contributed by atoms with Crippen molar-refractivity contribution < 1.29 is 9.59 Å². The smallest absolute Gasteiger partial charge is 0.261 e. The molecule has 5 nitrogen and oxygen atoms in total. The molecule has 0 aliphatic rings. The van der Waals surface area contributed by atoms with E-state index >= 15 is 0 Å². The van der Waals surface area contributed by atoms with E-state index in [0.717, 1.165) is 0 Å². The number of thiophene rings is 1. The van der Waals surface area contributed by atoms with E-state index in [1.54, 1.807) is 6.07 Å². The van der Waals surface area contributed by atoms with Crippen molar-refractivity contribution in [3.63, 3.8) is 0 Å². The molecule has 0 atom stereocenters. The molecule has 0 aliphatic heterocycles. The fourth-order valence-electron chi connectivity index (χ4n) is 1.23. The fraction of sp³-hybridized carbons (Fsp3) is 0.455. The number of amides is 2. The minimum atomic E-state index is -0.0618. The number of halogens is 1. The van der Waals surface area contributed by atoms with Gasteiger partial charge in [-0.2, -0.15) is 0 Å². The van der Waals surface area contributed by atoms with Crippen molar-refractivity contribution in [1.29, 1.82) is 0 Å². The first-order chi connectivity index (χ1) is 8.24. The molecule has 2 amide bonds. The standard InChI is InChI=1S/C11H17N3O2S.ClH/c12-5-4-10(15)13-6-2-7-14-11(16)9-3-1-8-17-9;/h1,3,8H,2,4-7,12H2,(H,13,15)(H,14,16);1H. The zero-order valence-electron chi connectivity index (χ0n) is 9.98. The van der Waals surface area contributed by atoms with Crippen LogP contribution in [0.4, 0.5) is 0 Å². The molecule has 0 aliphatic carbocycles. The number of nitrogens with two attached hydrogens (primary N) is 1. The van der Waals surface area contributed by atoms with Gasteiger partial charge in [-0.25, -0.2) is 0 Å². The third-order valence-electron chi connectivity index (χ3n) is 2.08. The predicted octanol–water partition coefficient (Wildman–Crippen LogP) is 0.755. The molecule has 0 saturated carbocycles. The molecule has 1 aromatic rings. The molecule has 102 valence electrons. The van der Waals surface area contributed by atoms with Crippen LogP contribution in [0.25, 0.3) is 0 Å². The molecule has 0 unspecified atom stereocenters. The molecule has 0 spiro atoms. The second kappa shape index (κ2) is 9.87. The summed E-state index contributed by atoms with van der Waals surface area (Å²) in [7, 11) is 0. The molecular weight excluding hydrogens is 274 g/mol. The molecular formula is C11H18ClN3O2S. The molecule has 1 heterocycles. The molecule has 0 radical (unpaired) electrons. The molecule has 0 bridgehead atoms. The Bertz CT molecular complexity index is 357. The first-order valence-electron chi connectivity index (χ1n) is 5.52. The number of carbonyl (C=O) groups excluding carboxylic acids is 2. The lowest BCUT2D eigenvalue weighted by molar-refractivity contribution is -0.120. The molecule has 7 heteroatoms. The zero-order chi connectivity index (χ0) is 12.5. The molecule has 4 N–H and O–H groups in total. The lowest BCUT2D eigenvalue weighted by atomic mass is 10.3. The normalized spacial score (nSPS) is 9.39. The summed E-state index contributed by atoms with van der Waals surface area (Å²) in [5.41, 5.74) is 5.24. The summed E-state index contributed by atoms with van der Waals surface area (Å²) in [4.78, 5) is 23.3. The van der Waals surface area contributed by atoms with Crippen LogP contribution in [0.15, 0.2) is 17.5 Å². The number of hydrogen-bond acceptors (Lipinski definition) is 4. The van der Waals surface area contributed by atoms with Gasteiger partial charge in [-0.15, -0.1) is 23.7 Å². The number of hydrogen-bond donors (Lipinski definition) is 3. The molecule has 0 fully saturated rings. The van der Waals surface area contributed by atoms with E-state index in [2.05, 4.69) is 10.6 Å². The Morgan fingerprint density at radius 2 is 2.00 bits per heavy atom. The molecule has 1 rings (SSSR count). The second-order valence-electron chi connectivity index (χ2n) is 3.48. The second-order valence-corrected chi connectivity index (χ2v) is 4.42. The molecule has 0 saturated heterocycles. The van der Waals surface area contributed by atoms with Gasteiger partial charge in [-0.3, -0.25) is 9.59 Å². The number of nitrogens with one attached hydrogen (secondary N) is 2. The lowest BCUT2D eigenvalue weighted by Crippen LogP contribution is -2.30. The maximum atomic E-state index is 11.5. The van der Waals surface area contributed by atoms with E-state index in [9.17, 15) is 9.59 Å². The SMILES string of the molecule is Cl.NCCC(=O)NCCCNC(=O)c1cccs1. The van der Waals surface area contributed by atoms with Crippen molar-refractivity contribution in [3.05, 3.63) is 22.4 Å². The van der Waals surface area contributed by atoms with Crippen LogP contribution in [-0.4, -0.2) is 31.4 Å². The van der Waals surface area contributed by atoms with Gasteiger partial charge in [0.25, 0.3) is 5.91 Å². The third-order valence-corrected chi connectivity index (χ3v) is 2.95. The van der Waals surface area contributed by atoms with E-state index in [1.807, 2.05) is 11.4 Å². The van der Waals surface area contributed by atoms with Crippen LogP contribution in [0.2, 0.25) is 0 Å². The van der Waals surface area contributed by atoms with Crippen molar-refractivity contribution in [3.8, 4) is 0 Å². The Labute approximate surface area is 117 Å². The zero-order valence-corrected chi connectivity index (χ0v) is 11.6. The molecule has 18 heavy (non-hydrogen) atoms. The summed E-state index contributed by atoms with van der Waals surface area (Å²) < 4.78 is 0. The average Bonchev–Trinajstić information content (AvgIpc) is 2.82. The van der Waals surface area contributed by atoms with E-state index < -0.39 is 0 Å². The van der Waals surface area contributed by atoms with Gasteiger partial charge in [0.05, 0.1) is 4.88 Å². The minimum Gasteiger partial charge on any atom is -0.356 e. The van der Waals surface area contributed by atoms with E-state index in [4.69, 9.17) is 5.73 Å². The van der Waals surface area contributed by atoms with Gasteiger partial charge in [0.2, 0.25) is 5.91 Å². The van der Waals surface area contributed by atoms with Crippen LogP contribution in [0.3, 0.4) is 0 Å². The van der Waals surface area contributed by atoms with Gasteiger partial charge in [-0.05, 0) is 17.9 Å². The lowest BCUT2D eigenvalue weighted by Gasteiger charge is -2.05. The highest BCUT2D eigenvalue weighted by Crippen LogP contribution is 2.07. The van der Waals surface area contributed by atoms with Crippen molar-refractivity contribution in [2.75, 3.05) is 19.6 Å². The van der Waals surface area contributed by atoms with Gasteiger partial charge < -0.3 is 16.4 Å². The summed E-state index contributed by atoms with van der Waals surface area (Å²) >= 11 is 1.41. The fourth-order valence-corrected chi connectivity index (χ4v) is 1.87. The summed E-state index contributed by atoms with van der Waals surface area (Å²) in [6, 6.07) is 3.62.